The molecule has 0 bridgehead atoms. The SMILES string of the molecule is O=C(NCc1cccnc1OCc1ccccc1)Nc1nnc(C2CC2)s1. The van der Waals surface area contributed by atoms with Crippen LogP contribution in [0.2, 0.25) is 0 Å². The molecule has 1 aromatic carbocycles. The Bertz CT molecular complexity index is 911. The standard InChI is InChI=1S/C19H19N5O2S/c25-18(22-19-24-23-17(27-19)14-8-9-14)21-11-15-7-4-10-20-16(15)26-12-13-5-2-1-3-6-13/h1-7,10,14H,8-9,11-12H2,(H2,21,22,24,25). The van der Waals surface area contributed by atoms with E-state index in [9.17, 15) is 4.79 Å². The van der Waals surface area contributed by atoms with Gasteiger partial charge in [-0.1, -0.05) is 47.7 Å². The van der Waals surface area contributed by atoms with E-state index in [2.05, 4.69) is 25.8 Å². The zero-order chi connectivity index (χ0) is 18.5. The molecular weight excluding hydrogens is 362 g/mol. The van der Waals surface area contributed by atoms with E-state index in [4.69, 9.17) is 4.74 Å². The highest BCUT2D eigenvalue weighted by molar-refractivity contribution is 7.15. The van der Waals surface area contributed by atoms with E-state index in [1.165, 1.54) is 11.3 Å². The van der Waals surface area contributed by atoms with Crippen molar-refractivity contribution in [2.75, 3.05) is 5.32 Å². The second-order valence-corrected chi connectivity index (χ2v) is 7.28. The van der Waals surface area contributed by atoms with E-state index >= 15 is 0 Å². The Morgan fingerprint density at radius 1 is 1.15 bits per heavy atom. The van der Waals surface area contributed by atoms with Crippen LogP contribution in [0.15, 0.2) is 48.7 Å². The van der Waals surface area contributed by atoms with Gasteiger partial charge in [0.25, 0.3) is 0 Å². The summed E-state index contributed by atoms with van der Waals surface area (Å²) in [6, 6.07) is 13.2. The molecule has 2 heterocycles. The van der Waals surface area contributed by atoms with Gasteiger partial charge in [0.1, 0.15) is 11.6 Å². The van der Waals surface area contributed by atoms with E-state index in [-0.39, 0.29) is 6.03 Å². The maximum absolute atomic E-state index is 12.1. The van der Waals surface area contributed by atoms with E-state index in [0.717, 1.165) is 29.0 Å². The lowest BCUT2D eigenvalue weighted by molar-refractivity contribution is 0.251. The maximum atomic E-state index is 12.1. The molecule has 8 heteroatoms. The predicted octanol–water partition coefficient (Wildman–Crippen LogP) is 3.71. The Labute approximate surface area is 160 Å². The largest absolute Gasteiger partial charge is 0.473 e. The van der Waals surface area contributed by atoms with E-state index < -0.39 is 0 Å². The fourth-order valence-corrected chi connectivity index (χ4v) is 3.42. The fourth-order valence-electron chi connectivity index (χ4n) is 2.51. The number of rotatable bonds is 7. The van der Waals surface area contributed by atoms with Crippen LogP contribution in [-0.2, 0) is 13.2 Å². The molecule has 1 aliphatic rings. The quantitative estimate of drug-likeness (QED) is 0.651. The zero-order valence-corrected chi connectivity index (χ0v) is 15.4. The second-order valence-electron chi connectivity index (χ2n) is 6.27. The van der Waals surface area contributed by atoms with Crippen molar-refractivity contribution < 1.29 is 9.53 Å². The molecule has 0 spiro atoms. The first-order chi connectivity index (χ1) is 13.3. The summed E-state index contributed by atoms with van der Waals surface area (Å²) in [5.41, 5.74) is 1.86. The van der Waals surface area contributed by atoms with Crippen molar-refractivity contribution in [3.63, 3.8) is 0 Å². The average molecular weight is 381 g/mol. The van der Waals surface area contributed by atoms with Gasteiger partial charge in [-0.3, -0.25) is 5.32 Å². The van der Waals surface area contributed by atoms with Crippen molar-refractivity contribution in [1.29, 1.82) is 0 Å². The summed E-state index contributed by atoms with van der Waals surface area (Å²) in [7, 11) is 0. The lowest BCUT2D eigenvalue weighted by atomic mass is 10.2. The van der Waals surface area contributed by atoms with Crippen LogP contribution in [0.4, 0.5) is 9.93 Å². The number of nitrogens with zero attached hydrogens (tertiary/aromatic N) is 3. The summed E-state index contributed by atoms with van der Waals surface area (Å²) in [4.78, 5) is 16.4. The Morgan fingerprint density at radius 2 is 2.00 bits per heavy atom. The van der Waals surface area contributed by atoms with Gasteiger partial charge in [0.2, 0.25) is 11.0 Å². The van der Waals surface area contributed by atoms with Gasteiger partial charge < -0.3 is 10.1 Å². The molecule has 0 radical (unpaired) electrons. The number of amides is 2. The van der Waals surface area contributed by atoms with Gasteiger partial charge in [-0.05, 0) is 24.5 Å². The van der Waals surface area contributed by atoms with Crippen molar-refractivity contribution in [2.45, 2.75) is 31.9 Å². The van der Waals surface area contributed by atoms with Crippen LogP contribution < -0.4 is 15.4 Å². The second kappa shape index (κ2) is 8.13. The van der Waals surface area contributed by atoms with Gasteiger partial charge in [-0.15, -0.1) is 10.2 Å². The van der Waals surface area contributed by atoms with Crippen molar-refractivity contribution in [3.05, 3.63) is 64.8 Å². The summed E-state index contributed by atoms with van der Waals surface area (Å²) >= 11 is 1.43. The Morgan fingerprint density at radius 3 is 2.81 bits per heavy atom. The number of nitrogens with one attached hydrogen (secondary N) is 2. The first-order valence-electron chi connectivity index (χ1n) is 8.77. The van der Waals surface area contributed by atoms with Crippen LogP contribution >= 0.6 is 11.3 Å². The number of benzene rings is 1. The highest BCUT2D eigenvalue weighted by atomic mass is 32.1. The molecule has 1 aliphatic carbocycles. The number of pyridine rings is 1. The molecule has 138 valence electrons. The number of carbonyl (C=O) groups is 1. The third kappa shape index (κ3) is 4.79. The number of carbonyl (C=O) groups excluding carboxylic acids is 1. The maximum Gasteiger partial charge on any atom is 0.321 e. The molecule has 7 nitrogen and oxygen atoms in total. The average Bonchev–Trinajstić information content (AvgIpc) is 3.45. The molecule has 2 aromatic heterocycles. The van der Waals surface area contributed by atoms with Gasteiger partial charge >= 0.3 is 6.03 Å². The first kappa shape index (κ1) is 17.4. The summed E-state index contributed by atoms with van der Waals surface area (Å²) in [6.07, 6.45) is 3.99. The number of ether oxygens (including phenoxy) is 1. The molecule has 0 atom stereocenters. The molecule has 1 fully saturated rings. The molecule has 0 saturated heterocycles. The molecule has 2 N–H and O–H groups in total. The van der Waals surface area contributed by atoms with Crippen molar-refractivity contribution in [1.82, 2.24) is 20.5 Å². The highest BCUT2D eigenvalue weighted by Gasteiger charge is 2.27. The smallest absolute Gasteiger partial charge is 0.321 e. The zero-order valence-electron chi connectivity index (χ0n) is 14.6. The van der Waals surface area contributed by atoms with Gasteiger partial charge in [-0.2, -0.15) is 0 Å². The summed E-state index contributed by atoms with van der Waals surface area (Å²) < 4.78 is 5.81. The topological polar surface area (TPSA) is 89.0 Å². The molecule has 2 amide bonds. The lowest BCUT2D eigenvalue weighted by Crippen LogP contribution is -2.28. The van der Waals surface area contributed by atoms with Crippen molar-refractivity contribution in [3.8, 4) is 5.88 Å². The van der Waals surface area contributed by atoms with Crippen LogP contribution in [0, 0.1) is 0 Å². The molecule has 0 unspecified atom stereocenters. The van der Waals surface area contributed by atoms with Gasteiger partial charge in [-0.25, -0.2) is 9.78 Å². The normalized spacial score (nSPS) is 13.2. The highest BCUT2D eigenvalue weighted by Crippen LogP contribution is 2.41. The third-order valence-corrected chi connectivity index (χ3v) is 5.10. The summed E-state index contributed by atoms with van der Waals surface area (Å²) in [5, 5.41) is 15.2. The minimum atomic E-state index is -0.327. The Kier molecular flexibility index (Phi) is 5.24. The Balaban J connectivity index is 1.31. The minimum absolute atomic E-state index is 0.304. The number of anilines is 1. The minimum Gasteiger partial charge on any atom is -0.473 e. The lowest BCUT2D eigenvalue weighted by Gasteiger charge is -2.11. The number of hydrogen-bond donors (Lipinski definition) is 2. The molecule has 4 rings (SSSR count). The van der Waals surface area contributed by atoms with Crippen LogP contribution in [0.5, 0.6) is 5.88 Å². The molecular formula is C19H19N5O2S. The van der Waals surface area contributed by atoms with Crippen molar-refractivity contribution in [2.24, 2.45) is 0 Å². The molecule has 27 heavy (non-hydrogen) atoms. The number of aromatic nitrogens is 3. The van der Waals surface area contributed by atoms with Gasteiger partial charge in [0.15, 0.2) is 0 Å². The van der Waals surface area contributed by atoms with Crippen LogP contribution in [0.3, 0.4) is 0 Å². The van der Waals surface area contributed by atoms with Gasteiger partial charge in [0, 0.05) is 24.2 Å². The number of hydrogen-bond acceptors (Lipinski definition) is 6. The van der Waals surface area contributed by atoms with E-state index in [0.29, 0.717) is 30.1 Å². The van der Waals surface area contributed by atoms with E-state index in [1.807, 2.05) is 42.5 Å². The molecule has 0 aliphatic heterocycles. The van der Waals surface area contributed by atoms with E-state index in [1.54, 1.807) is 6.20 Å². The summed E-state index contributed by atoms with van der Waals surface area (Å²) in [5.74, 6) is 1.04. The van der Waals surface area contributed by atoms with Crippen LogP contribution in [0.25, 0.3) is 0 Å². The number of urea groups is 1. The van der Waals surface area contributed by atoms with Crippen molar-refractivity contribution >= 4 is 22.5 Å². The monoisotopic (exact) mass is 381 g/mol. The molecule has 3 aromatic rings. The summed E-state index contributed by atoms with van der Waals surface area (Å²) in [6.45, 7) is 0.726. The van der Waals surface area contributed by atoms with Crippen LogP contribution in [0.1, 0.15) is 34.9 Å². The van der Waals surface area contributed by atoms with Crippen LogP contribution in [-0.4, -0.2) is 21.2 Å². The molecule has 1 saturated carbocycles. The Hall–Kier alpha value is -3.00. The predicted molar refractivity (Wildman–Crippen MR) is 103 cm³/mol. The fraction of sp³-hybridized carbons (Fsp3) is 0.263. The van der Waals surface area contributed by atoms with Gasteiger partial charge in [0.05, 0.1) is 0 Å². The third-order valence-electron chi connectivity index (χ3n) is 4.10. The first-order valence-corrected chi connectivity index (χ1v) is 9.58.